The SMILES string of the molecule is C[C@@H](/C=C/CO)O[C@@H]1CCCCO1. The maximum absolute atomic E-state index is 8.55. The summed E-state index contributed by atoms with van der Waals surface area (Å²) in [6.45, 7) is 2.82. The number of hydrogen-bond donors (Lipinski definition) is 1. The molecule has 1 heterocycles. The van der Waals surface area contributed by atoms with Crippen LogP contribution in [0.5, 0.6) is 0 Å². The van der Waals surface area contributed by atoms with Gasteiger partial charge in [0.25, 0.3) is 0 Å². The molecule has 0 saturated carbocycles. The first-order valence-electron chi connectivity index (χ1n) is 4.87. The van der Waals surface area contributed by atoms with Gasteiger partial charge in [0.1, 0.15) is 0 Å². The van der Waals surface area contributed by atoms with Gasteiger partial charge in [0.05, 0.1) is 12.7 Å². The second kappa shape index (κ2) is 6.13. The molecule has 1 N–H and O–H groups in total. The Balaban J connectivity index is 2.18. The highest BCUT2D eigenvalue weighted by Crippen LogP contribution is 2.15. The Kier molecular flexibility index (Phi) is 5.05. The fraction of sp³-hybridized carbons (Fsp3) is 0.800. The van der Waals surface area contributed by atoms with E-state index in [9.17, 15) is 0 Å². The van der Waals surface area contributed by atoms with Gasteiger partial charge in [0.2, 0.25) is 0 Å². The smallest absolute Gasteiger partial charge is 0.158 e. The van der Waals surface area contributed by atoms with Crippen molar-refractivity contribution in [2.45, 2.75) is 38.6 Å². The molecule has 0 aromatic heterocycles. The predicted octanol–water partition coefficient (Wildman–Crippen LogP) is 1.47. The van der Waals surface area contributed by atoms with Crippen LogP contribution in [-0.4, -0.2) is 30.7 Å². The third kappa shape index (κ3) is 4.41. The van der Waals surface area contributed by atoms with Crippen LogP contribution in [-0.2, 0) is 9.47 Å². The van der Waals surface area contributed by atoms with Crippen molar-refractivity contribution >= 4 is 0 Å². The first kappa shape index (κ1) is 10.7. The van der Waals surface area contributed by atoms with Crippen LogP contribution in [0.4, 0.5) is 0 Å². The zero-order chi connectivity index (χ0) is 9.52. The zero-order valence-electron chi connectivity index (χ0n) is 8.11. The van der Waals surface area contributed by atoms with E-state index in [4.69, 9.17) is 14.6 Å². The van der Waals surface area contributed by atoms with Crippen LogP contribution in [0.2, 0.25) is 0 Å². The van der Waals surface area contributed by atoms with Crippen molar-refractivity contribution in [3.05, 3.63) is 12.2 Å². The van der Waals surface area contributed by atoms with E-state index >= 15 is 0 Å². The maximum Gasteiger partial charge on any atom is 0.158 e. The van der Waals surface area contributed by atoms with Gasteiger partial charge in [-0.05, 0) is 26.2 Å². The van der Waals surface area contributed by atoms with Gasteiger partial charge in [0.15, 0.2) is 6.29 Å². The Morgan fingerprint density at radius 1 is 1.62 bits per heavy atom. The van der Waals surface area contributed by atoms with Crippen LogP contribution in [0.25, 0.3) is 0 Å². The molecule has 0 spiro atoms. The molecule has 1 aliphatic heterocycles. The highest BCUT2D eigenvalue weighted by atomic mass is 16.7. The zero-order valence-corrected chi connectivity index (χ0v) is 8.11. The second-order valence-electron chi connectivity index (χ2n) is 3.25. The summed E-state index contributed by atoms with van der Waals surface area (Å²) < 4.78 is 11.0. The van der Waals surface area contributed by atoms with Crippen molar-refractivity contribution in [3.63, 3.8) is 0 Å². The molecular weight excluding hydrogens is 168 g/mol. The number of hydrogen-bond acceptors (Lipinski definition) is 3. The summed E-state index contributed by atoms with van der Waals surface area (Å²) in [5.74, 6) is 0. The molecule has 0 aliphatic carbocycles. The van der Waals surface area contributed by atoms with Crippen molar-refractivity contribution < 1.29 is 14.6 Å². The van der Waals surface area contributed by atoms with Crippen molar-refractivity contribution in [1.82, 2.24) is 0 Å². The molecule has 76 valence electrons. The summed E-state index contributed by atoms with van der Waals surface area (Å²) in [6.07, 6.45) is 6.81. The van der Waals surface area contributed by atoms with Crippen molar-refractivity contribution in [2.75, 3.05) is 13.2 Å². The molecular formula is C10H18O3. The minimum absolute atomic E-state index is 0.0234. The highest BCUT2D eigenvalue weighted by molar-refractivity contribution is 4.87. The van der Waals surface area contributed by atoms with E-state index in [0.717, 1.165) is 19.4 Å². The van der Waals surface area contributed by atoms with E-state index in [2.05, 4.69) is 0 Å². The maximum atomic E-state index is 8.55. The van der Waals surface area contributed by atoms with Gasteiger partial charge in [0, 0.05) is 6.61 Å². The Morgan fingerprint density at radius 3 is 3.08 bits per heavy atom. The standard InChI is InChI=1S/C10H18O3/c1-9(5-4-7-11)13-10-6-2-3-8-12-10/h4-5,9-11H,2-3,6-8H2,1H3/b5-4+/t9-,10+/m0/s1. The Hall–Kier alpha value is -0.380. The lowest BCUT2D eigenvalue weighted by Gasteiger charge is -2.24. The first-order chi connectivity index (χ1) is 6.33. The topological polar surface area (TPSA) is 38.7 Å². The minimum Gasteiger partial charge on any atom is -0.392 e. The molecule has 1 rings (SSSR count). The van der Waals surface area contributed by atoms with E-state index in [1.54, 1.807) is 6.08 Å². The quantitative estimate of drug-likeness (QED) is 0.676. The van der Waals surface area contributed by atoms with Crippen LogP contribution in [0.3, 0.4) is 0 Å². The average molecular weight is 186 g/mol. The van der Waals surface area contributed by atoms with Crippen molar-refractivity contribution in [1.29, 1.82) is 0 Å². The van der Waals surface area contributed by atoms with E-state index in [-0.39, 0.29) is 19.0 Å². The van der Waals surface area contributed by atoms with Crippen LogP contribution in [0.1, 0.15) is 26.2 Å². The number of aliphatic hydroxyl groups is 1. The number of aliphatic hydroxyl groups excluding tert-OH is 1. The molecule has 1 saturated heterocycles. The van der Waals surface area contributed by atoms with Crippen LogP contribution in [0.15, 0.2) is 12.2 Å². The first-order valence-corrected chi connectivity index (χ1v) is 4.87. The largest absolute Gasteiger partial charge is 0.392 e. The van der Waals surface area contributed by atoms with Crippen LogP contribution >= 0.6 is 0 Å². The summed E-state index contributed by atoms with van der Waals surface area (Å²) in [5, 5.41) is 8.55. The Labute approximate surface area is 79.3 Å². The molecule has 3 heteroatoms. The molecule has 13 heavy (non-hydrogen) atoms. The van der Waals surface area contributed by atoms with Gasteiger partial charge in [-0.1, -0.05) is 12.2 Å². The predicted molar refractivity (Wildman–Crippen MR) is 50.4 cm³/mol. The van der Waals surface area contributed by atoms with E-state index in [1.165, 1.54) is 6.42 Å². The summed E-state index contributed by atoms with van der Waals surface area (Å²) in [4.78, 5) is 0. The van der Waals surface area contributed by atoms with Crippen molar-refractivity contribution in [2.24, 2.45) is 0 Å². The van der Waals surface area contributed by atoms with E-state index in [1.807, 2.05) is 13.0 Å². The lowest BCUT2D eigenvalue weighted by Crippen LogP contribution is -2.25. The summed E-state index contributed by atoms with van der Waals surface area (Å²) >= 11 is 0. The normalized spacial score (nSPS) is 26.5. The Bertz CT molecular complexity index is 150. The number of ether oxygens (including phenoxy) is 2. The number of rotatable bonds is 4. The van der Waals surface area contributed by atoms with Crippen LogP contribution < -0.4 is 0 Å². The fourth-order valence-corrected chi connectivity index (χ4v) is 1.36. The Morgan fingerprint density at radius 2 is 2.46 bits per heavy atom. The second-order valence-corrected chi connectivity index (χ2v) is 3.25. The molecule has 2 atom stereocenters. The molecule has 0 amide bonds. The minimum atomic E-state index is -0.0490. The summed E-state index contributed by atoms with van der Waals surface area (Å²) in [7, 11) is 0. The van der Waals surface area contributed by atoms with Crippen molar-refractivity contribution in [3.8, 4) is 0 Å². The third-order valence-corrected chi connectivity index (χ3v) is 2.02. The molecule has 0 radical (unpaired) electrons. The van der Waals surface area contributed by atoms with Crippen LogP contribution in [0, 0.1) is 0 Å². The van der Waals surface area contributed by atoms with Gasteiger partial charge < -0.3 is 14.6 Å². The van der Waals surface area contributed by atoms with Gasteiger partial charge in [-0.25, -0.2) is 0 Å². The summed E-state index contributed by atoms with van der Waals surface area (Å²) in [5.41, 5.74) is 0. The molecule has 0 unspecified atom stereocenters. The third-order valence-electron chi connectivity index (χ3n) is 2.02. The van der Waals surface area contributed by atoms with E-state index < -0.39 is 0 Å². The molecule has 1 aliphatic rings. The lowest BCUT2D eigenvalue weighted by molar-refractivity contribution is -0.175. The highest BCUT2D eigenvalue weighted by Gasteiger charge is 2.15. The molecule has 0 bridgehead atoms. The fourth-order valence-electron chi connectivity index (χ4n) is 1.36. The molecule has 3 nitrogen and oxygen atoms in total. The lowest BCUT2D eigenvalue weighted by atomic mass is 10.2. The molecule has 1 fully saturated rings. The average Bonchev–Trinajstić information content (AvgIpc) is 2.16. The van der Waals surface area contributed by atoms with Gasteiger partial charge >= 0.3 is 0 Å². The van der Waals surface area contributed by atoms with Gasteiger partial charge in [-0.15, -0.1) is 0 Å². The van der Waals surface area contributed by atoms with Gasteiger partial charge in [-0.3, -0.25) is 0 Å². The van der Waals surface area contributed by atoms with Gasteiger partial charge in [-0.2, -0.15) is 0 Å². The monoisotopic (exact) mass is 186 g/mol. The molecule has 0 aromatic carbocycles. The van der Waals surface area contributed by atoms with E-state index in [0.29, 0.717) is 0 Å². The molecule has 0 aromatic rings. The summed E-state index contributed by atoms with van der Waals surface area (Å²) in [6, 6.07) is 0.